The second-order valence-corrected chi connectivity index (χ2v) is 4.05. The summed E-state index contributed by atoms with van der Waals surface area (Å²) in [6.45, 7) is 0. The highest BCUT2D eigenvalue weighted by Crippen LogP contribution is 2.29. The molecule has 0 spiro atoms. The number of aromatic nitrogens is 2. The Labute approximate surface area is 98.9 Å². The molecule has 0 aliphatic carbocycles. The summed E-state index contributed by atoms with van der Waals surface area (Å²) in [4.78, 5) is 11.4. The number of hydrogen-bond acceptors (Lipinski definition) is 3. The van der Waals surface area contributed by atoms with E-state index >= 15 is 0 Å². The number of hydrogen-bond donors (Lipinski definition) is 0. The van der Waals surface area contributed by atoms with Crippen LogP contribution in [0, 0.1) is 0 Å². The van der Waals surface area contributed by atoms with Gasteiger partial charge in [0.1, 0.15) is 11.1 Å². The van der Waals surface area contributed by atoms with Crippen LogP contribution in [0.4, 0.5) is 0 Å². The highest BCUT2D eigenvalue weighted by atomic mass is 79.9. The zero-order valence-corrected chi connectivity index (χ0v) is 10.0. The average Bonchev–Trinajstić information content (AvgIpc) is 2.67. The van der Waals surface area contributed by atoms with Gasteiger partial charge in [0, 0.05) is 10.7 Å². The Morgan fingerprint density at radius 2 is 2.40 bits per heavy atom. The SMILES string of the molecule is COC(=O)c1cnn2ccc(Br)c(Cl)c12. The normalized spacial score (nSPS) is 10.6. The molecule has 4 nitrogen and oxygen atoms in total. The van der Waals surface area contributed by atoms with Crippen molar-refractivity contribution in [1.29, 1.82) is 0 Å². The molecule has 0 saturated heterocycles. The first kappa shape index (κ1) is 10.4. The van der Waals surface area contributed by atoms with Crippen LogP contribution in [0.3, 0.4) is 0 Å². The van der Waals surface area contributed by atoms with Crippen molar-refractivity contribution >= 4 is 39.0 Å². The van der Waals surface area contributed by atoms with Crippen LogP contribution in [0.2, 0.25) is 5.02 Å². The van der Waals surface area contributed by atoms with Crippen LogP contribution in [-0.2, 0) is 4.74 Å². The Morgan fingerprint density at radius 3 is 3.07 bits per heavy atom. The van der Waals surface area contributed by atoms with Crippen molar-refractivity contribution in [1.82, 2.24) is 9.61 Å². The van der Waals surface area contributed by atoms with Gasteiger partial charge in [-0.2, -0.15) is 5.10 Å². The minimum Gasteiger partial charge on any atom is -0.465 e. The Kier molecular flexibility index (Phi) is 2.67. The van der Waals surface area contributed by atoms with Crippen LogP contribution in [0.5, 0.6) is 0 Å². The van der Waals surface area contributed by atoms with Gasteiger partial charge >= 0.3 is 5.97 Å². The molecule has 2 aromatic heterocycles. The topological polar surface area (TPSA) is 43.6 Å². The van der Waals surface area contributed by atoms with Gasteiger partial charge in [0.05, 0.1) is 18.3 Å². The van der Waals surface area contributed by atoms with Gasteiger partial charge in [0.25, 0.3) is 0 Å². The first-order chi connectivity index (χ1) is 7.15. The second-order valence-electron chi connectivity index (χ2n) is 2.82. The molecule has 0 radical (unpaired) electrons. The number of carbonyl (C=O) groups excluding carboxylic acids is 1. The molecule has 0 aliphatic heterocycles. The summed E-state index contributed by atoms with van der Waals surface area (Å²) in [7, 11) is 1.32. The number of esters is 1. The Morgan fingerprint density at radius 1 is 1.67 bits per heavy atom. The number of rotatable bonds is 1. The molecule has 0 fully saturated rings. The average molecular weight is 290 g/mol. The fraction of sp³-hybridized carbons (Fsp3) is 0.111. The molecule has 0 bridgehead atoms. The lowest BCUT2D eigenvalue weighted by Crippen LogP contribution is -2.00. The van der Waals surface area contributed by atoms with Gasteiger partial charge in [-0.15, -0.1) is 0 Å². The van der Waals surface area contributed by atoms with Crippen molar-refractivity contribution in [2.75, 3.05) is 7.11 Å². The summed E-state index contributed by atoms with van der Waals surface area (Å²) in [5.41, 5.74) is 0.890. The number of halogens is 2. The summed E-state index contributed by atoms with van der Waals surface area (Å²) in [5, 5.41) is 4.44. The zero-order chi connectivity index (χ0) is 11.0. The minimum atomic E-state index is -0.454. The molecule has 2 aromatic rings. The standard InChI is InChI=1S/C9H6BrClN2O2/c1-15-9(14)5-4-12-13-3-2-6(10)7(11)8(5)13/h2-4H,1H3. The van der Waals surface area contributed by atoms with E-state index < -0.39 is 5.97 Å². The van der Waals surface area contributed by atoms with Crippen molar-refractivity contribution < 1.29 is 9.53 Å². The van der Waals surface area contributed by atoms with Gasteiger partial charge in [0.2, 0.25) is 0 Å². The molecule has 0 aliphatic rings. The van der Waals surface area contributed by atoms with Crippen molar-refractivity contribution in [2.45, 2.75) is 0 Å². The largest absolute Gasteiger partial charge is 0.465 e. The van der Waals surface area contributed by atoms with Crippen LogP contribution in [-0.4, -0.2) is 22.7 Å². The first-order valence-corrected chi connectivity index (χ1v) is 5.22. The molecule has 0 atom stereocenters. The van der Waals surface area contributed by atoms with E-state index in [1.165, 1.54) is 17.8 Å². The second kappa shape index (κ2) is 3.83. The third kappa shape index (κ3) is 1.61. The molecule has 0 aromatic carbocycles. The summed E-state index contributed by atoms with van der Waals surface area (Å²) in [5.74, 6) is -0.454. The van der Waals surface area contributed by atoms with E-state index in [1.54, 1.807) is 12.3 Å². The maximum Gasteiger partial charge on any atom is 0.341 e. The molecule has 0 amide bonds. The van der Waals surface area contributed by atoms with Crippen LogP contribution >= 0.6 is 27.5 Å². The molecular weight excluding hydrogens is 283 g/mol. The van der Waals surface area contributed by atoms with Crippen molar-refractivity contribution in [2.24, 2.45) is 0 Å². The Bertz CT molecular complexity index is 538. The number of pyridine rings is 1. The highest BCUT2D eigenvalue weighted by molar-refractivity contribution is 9.10. The summed E-state index contributed by atoms with van der Waals surface area (Å²) >= 11 is 9.34. The number of carbonyl (C=O) groups is 1. The summed E-state index contributed by atoms with van der Waals surface area (Å²) in [6.07, 6.45) is 3.14. The summed E-state index contributed by atoms with van der Waals surface area (Å²) in [6, 6.07) is 1.75. The van der Waals surface area contributed by atoms with E-state index in [0.717, 1.165) is 0 Å². The number of fused-ring (bicyclic) bond motifs is 1. The third-order valence-electron chi connectivity index (χ3n) is 1.98. The quantitative estimate of drug-likeness (QED) is 0.758. The molecule has 15 heavy (non-hydrogen) atoms. The molecule has 0 N–H and O–H groups in total. The molecule has 2 rings (SSSR count). The lowest BCUT2D eigenvalue weighted by Gasteiger charge is -2.01. The van der Waals surface area contributed by atoms with Crippen molar-refractivity contribution in [3.8, 4) is 0 Å². The zero-order valence-electron chi connectivity index (χ0n) is 7.70. The van der Waals surface area contributed by atoms with Gasteiger partial charge in [0.15, 0.2) is 0 Å². The monoisotopic (exact) mass is 288 g/mol. The van der Waals surface area contributed by atoms with Crippen LogP contribution in [0.15, 0.2) is 22.9 Å². The highest BCUT2D eigenvalue weighted by Gasteiger charge is 2.16. The van der Waals surface area contributed by atoms with Gasteiger partial charge in [-0.25, -0.2) is 9.31 Å². The lowest BCUT2D eigenvalue weighted by atomic mass is 10.2. The lowest BCUT2D eigenvalue weighted by molar-refractivity contribution is 0.0603. The molecule has 78 valence electrons. The van der Waals surface area contributed by atoms with E-state index in [9.17, 15) is 4.79 Å². The maximum atomic E-state index is 11.4. The minimum absolute atomic E-state index is 0.351. The van der Waals surface area contributed by atoms with Gasteiger partial charge in [-0.05, 0) is 22.0 Å². The Balaban J connectivity index is 2.77. The predicted molar refractivity (Wildman–Crippen MR) is 59.2 cm³/mol. The van der Waals surface area contributed by atoms with E-state index in [0.29, 0.717) is 20.6 Å². The maximum absolute atomic E-state index is 11.4. The van der Waals surface area contributed by atoms with E-state index in [4.69, 9.17) is 11.6 Å². The van der Waals surface area contributed by atoms with Gasteiger partial charge in [-0.3, -0.25) is 0 Å². The van der Waals surface area contributed by atoms with Crippen molar-refractivity contribution in [3.63, 3.8) is 0 Å². The first-order valence-electron chi connectivity index (χ1n) is 4.05. The van der Waals surface area contributed by atoms with Crippen molar-refractivity contribution in [3.05, 3.63) is 33.5 Å². The molecule has 0 unspecified atom stereocenters. The number of methoxy groups -OCH3 is 1. The predicted octanol–water partition coefficient (Wildman–Crippen LogP) is 2.54. The van der Waals surface area contributed by atoms with Crippen LogP contribution in [0.25, 0.3) is 5.52 Å². The third-order valence-corrected chi connectivity index (χ3v) is 3.25. The fourth-order valence-corrected chi connectivity index (χ4v) is 1.83. The molecular formula is C9H6BrClN2O2. The van der Waals surface area contributed by atoms with E-state index in [1.807, 2.05) is 0 Å². The molecule has 6 heteroatoms. The number of ether oxygens (including phenoxy) is 1. The van der Waals surface area contributed by atoms with Crippen LogP contribution < -0.4 is 0 Å². The number of nitrogens with zero attached hydrogens (tertiary/aromatic N) is 2. The van der Waals surface area contributed by atoms with E-state index in [-0.39, 0.29) is 0 Å². The van der Waals surface area contributed by atoms with Gasteiger partial charge < -0.3 is 4.74 Å². The molecule has 2 heterocycles. The van der Waals surface area contributed by atoms with E-state index in [2.05, 4.69) is 25.8 Å². The van der Waals surface area contributed by atoms with Gasteiger partial charge in [-0.1, -0.05) is 11.6 Å². The smallest absolute Gasteiger partial charge is 0.341 e. The molecule has 0 saturated carbocycles. The Hall–Kier alpha value is -1.07. The van der Waals surface area contributed by atoms with Crippen LogP contribution in [0.1, 0.15) is 10.4 Å². The fourth-order valence-electron chi connectivity index (χ4n) is 1.28. The summed E-state index contributed by atoms with van der Waals surface area (Å²) < 4.78 is 6.87.